The zero-order valence-electron chi connectivity index (χ0n) is 11.5. The molecule has 2 aromatic heterocycles. The molecule has 2 heterocycles. The molecule has 5 nitrogen and oxygen atoms in total. The average Bonchev–Trinajstić information content (AvgIpc) is 3.15. The topological polar surface area (TPSA) is 55.6 Å². The molecular weight excluding hydrogens is 269 g/mol. The lowest BCUT2D eigenvalue weighted by molar-refractivity contribution is 0.627. The van der Waals surface area contributed by atoms with Crippen molar-refractivity contribution in [2.75, 3.05) is 5.32 Å². The molecule has 106 valence electrons. The van der Waals surface area contributed by atoms with Crippen LogP contribution in [0.2, 0.25) is 0 Å². The highest BCUT2D eigenvalue weighted by Crippen LogP contribution is 2.43. The summed E-state index contributed by atoms with van der Waals surface area (Å²) >= 11 is 0. The number of anilines is 1. The van der Waals surface area contributed by atoms with Crippen LogP contribution in [0.1, 0.15) is 17.9 Å². The van der Waals surface area contributed by atoms with Gasteiger partial charge in [-0.1, -0.05) is 12.1 Å². The number of hydrogen-bond acceptors (Lipinski definition) is 4. The highest BCUT2D eigenvalue weighted by atomic mass is 19.1. The van der Waals surface area contributed by atoms with E-state index in [-0.39, 0.29) is 5.82 Å². The quantitative estimate of drug-likeness (QED) is 0.802. The Morgan fingerprint density at radius 2 is 2.05 bits per heavy atom. The number of hydrogen-bond donors (Lipinski definition) is 1. The van der Waals surface area contributed by atoms with Gasteiger partial charge >= 0.3 is 0 Å². The Labute approximate surface area is 120 Å². The van der Waals surface area contributed by atoms with Gasteiger partial charge in [-0.25, -0.2) is 14.4 Å². The zero-order valence-corrected chi connectivity index (χ0v) is 11.5. The van der Waals surface area contributed by atoms with Crippen molar-refractivity contribution in [2.45, 2.75) is 18.4 Å². The van der Waals surface area contributed by atoms with E-state index in [2.05, 4.69) is 20.4 Å². The zero-order chi connectivity index (χ0) is 14.4. The molecule has 1 aliphatic carbocycles. The molecule has 0 bridgehead atoms. The van der Waals surface area contributed by atoms with E-state index in [1.165, 1.54) is 12.1 Å². The van der Waals surface area contributed by atoms with Gasteiger partial charge in [0.15, 0.2) is 5.65 Å². The number of fused-ring (bicyclic) bond motifs is 1. The second kappa shape index (κ2) is 4.51. The van der Waals surface area contributed by atoms with Crippen LogP contribution in [0.4, 0.5) is 10.2 Å². The number of benzene rings is 1. The van der Waals surface area contributed by atoms with Crippen molar-refractivity contribution in [3.8, 4) is 0 Å². The number of aryl methyl sites for hydroxylation is 1. The maximum Gasteiger partial charge on any atom is 0.163 e. The highest BCUT2D eigenvalue weighted by molar-refractivity contribution is 5.86. The van der Waals surface area contributed by atoms with Crippen LogP contribution in [0.15, 0.2) is 36.8 Å². The molecule has 0 amide bonds. The SMILES string of the molecule is Cn1ncc2c(N[C@@H]3C[C@H]3c3ccc(F)cc3)ncnc21. The van der Waals surface area contributed by atoms with E-state index in [1.807, 2.05) is 19.2 Å². The molecule has 1 aromatic carbocycles. The number of halogens is 1. The van der Waals surface area contributed by atoms with Crippen molar-refractivity contribution in [1.82, 2.24) is 19.7 Å². The van der Waals surface area contributed by atoms with Gasteiger partial charge in [0.1, 0.15) is 18.0 Å². The molecule has 6 heteroatoms. The molecule has 21 heavy (non-hydrogen) atoms. The van der Waals surface area contributed by atoms with Crippen LogP contribution >= 0.6 is 0 Å². The molecule has 0 spiro atoms. The Hall–Kier alpha value is -2.50. The van der Waals surface area contributed by atoms with E-state index in [1.54, 1.807) is 17.2 Å². The van der Waals surface area contributed by atoms with Gasteiger partial charge in [0.05, 0.1) is 11.6 Å². The Kier molecular flexibility index (Phi) is 2.63. The van der Waals surface area contributed by atoms with Crippen LogP contribution in [-0.4, -0.2) is 25.8 Å². The van der Waals surface area contributed by atoms with Crippen LogP contribution in [0.5, 0.6) is 0 Å². The van der Waals surface area contributed by atoms with Crippen molar-refractivity contribution in [3.05, 3.63) is 48.2 Å². The lowest BCUT2D eigenvalue weighted by atomic mass is 10.1. The summed E-state index contributed by atoms with van der Waals surface area (Å²) < 4.78 is 14.7. The summed E-state index contributed by atoms with van der Waals surface area (Å²) in [6.45, 7) is 0. The van der Waals surface area contributed by atoms with E-state index in [4.69, 9.17) is 0 Å². The lowest BCUT2D eigenvalue weighted by Crippen LogP contribution is -2.06. The van der Waals surface area contributed by atoms with Crippen LogP contribution in [-0.2, 0) is 7.05 Å². The second-order valence-corrected chi connectivity index (χ2v) is 5.37. The third-order valence-electron chi connectivity index (χ3n) is 3.94. The normalized spacial score (nSPS) is 20.7. The van der Waals surface area contributed by atoms with Gasteiger partial charge in [0, 0.05) is 19.0 Å². The van der Waals surface area contributed by atoms with Crippen LogP contribution in [0.3, 0.4) is 0 Å². The van der Waals surface area contributed by atoms with Crippen molar-refractivity contribution in [1.29, 1.82) is 0 Å². The van der Waals surface area contributed by atoms with Gasteiger partial charge in [-0.2, -0.15) is 5.10 Å². The maximum atomic E-state index is 12.9. The van der Waals surface area contributed by atoms with E-state index in [0.717, 1.165) is 28.8 Å². The summed E-state index contributed by atoms with van der Waals surface area (Å²) in [4.78, 5) is 8.53. The summed E-state index contributed by atoms with van der Waals surface area (Å²) in [5.41, 5.74) is 1.97. The van der Waals surface area contributed by atoms with E-state index in [0.29, 0.717) is 12.0 Å². The van der Waals surface area contributed by atoms with E-state index in [9.17, 15) is 4.39 Å². The smallest absolute Gasteiger partial charge is 0.163 e. The van der Waals surface area contributed by atoms with Gasteiger partial charge in [0.2, 0.25) is 0 Å². The Morgan fingerprint density at radius 1 is 1.24 bits per heavy atom. The third kappa shape index (κ3) is 2.12. The minimum absolute atomic E-state index is 0.197. The Morgan fingerprint density at radius 3 is 2.86 bits per heavy atom. The molecule has 1 fully saturated rings. The fourth-order valence-electron chi connectivity index (χ4n) is 2.69. The van der Waals surface area contributed by atoms with Gasteiger partial charge in [-0.3, -0.25) is 4.68 Å². The molecule has 1 saturated carbocycles. The summed E-state index contributed by atoms with van der Waals surface area (Å²) in [6, 6.07) is 7.04. The molecule has 3 aromatic rings. The molecule has 0 aliphatic heterocycles. The first-order valence-electron chi connectivity index (χ1n) is 6.87. The van der Waals surface area contributed by atoms with Crippen molar-refractivity contribution in [2.24, 2.45) is 7.05 Å². The van der Waals surface area contributed by atoms with Crippen LogP contribution in [0.25, 0.3) is 11.0 Å². The number of nitrogens with one attached hydrogen (secondary N) is 1. The summed E-state index contributed by atoms with van der Waals surface area (Å²) in [7, 11) is 1.86. The minimum atomic E-state index is -0.197. The largest absolute Gasteiger partial charge is 0.366 e. The van der Waals surface area contributed by atoms with Crippen molar-refractivity contribution < 1.29 is 4.39 Å². The van der Waals surface area contributed by atoms with Gasteiger partial charge in [0.25, 0.3) is 0 Å². The third-order valence-corrected chi connectivity index (χ3v) is 3.94. The molecular formula is C15H14FN5. The van der Waals surface area contributed by atoms with Crippen LogP contribution in [0, 0.1) is 5.82 Å². The monoisotopic (exact) mass is 283 g/mol. The molecule has 0 unspecified atom stereocenters. The van der Waals surface area contributed by atoms with Gasteiger partial charge in [-0.05, 0) is 24.1 Å². The first kappa shape index (κ1) is 12.3. The number of rotatable bonds is 3. The molecule has 1 aliphatic rings. The maximum absolute atomic E-state index is 12.9. The van der Waals surface area contributed by atoms with Gasteiger partial charge in [-0.15, -0.1) is 0 Å². The highest BCUT2D eigenvalue weighted by Gasteiger charge is 2.38. The average molecular weight is 283 g/mol. The standard InChI is InChI=1S/C15H14FN5/c1-21-15-12(7-19-21)14(17-8-18-15)20-13-6-11(13)9-2-4-10(16)5-3-9/h2-5,7-8,11,13H,6H2,1H3,(H,17,18,20)/t11-,13+/m0/s1. The van der Waals surface area contributed by atoms with E-state index < -0.39 is 0 Å². The predicted octanol–water partition coefficient (Wildman–Crippen LogP) is 2.47. The minimum Gasteiger partial charge on any atom is -0.366 e. The van der Waals surface area contributed by atoms with E-state index >= 15 is 0 Å². The first-order valence-corrected chi connectivity index (χ1v) is 6.87. The number of aromatic nitrogens is 4. The van der Waals surface area contributed by atoms with Crippen molar-refractivity contribution in [3.63, 3.8) is 0 Å². The van der Waals surface area contributed by atoms with Crippen LogP contribution < -0.4 is 5.32 Å². The summed E-state index contributed by atoms with van der Waals surface area (Å²) in [5.74, 6) is 1.02. The first-order chi connectivity index (χ1) is 10.2. The summed E-state index contributed by atoms with van der Waals surface area (Å²) in [5, 5.41) is 8.56. The Balaban J connectivity index is 1.56. The fourth-order valence-corrected chi connectivity index (χ4v) is 2.69. The molecule has 4 rings (SSSR count). The molecule has 0 radical (unpaired) electrons. The van der Waals surface area contributed by atoms with Gasteiger partial charge < -0.3 is 5.32 Å². The molecule has 0 saturated heterocycles. The second-order valence-electron chi connectivity index (χ2n) is 5.37. The predicted molar refractivity (Wildman–Crippen MR) is 77.5 cm³/mol. The number of nitrogens with zero attached hydrogens (tertiary/aromatic N) is 4. The lowest BCUT2D eigenvalue weighted by Gasteiger charge is -2.06. The fraction of sp³-hybridized carbons (Fsp3) is 0.267. The summed E-state index contributed by atoms with van der Waals surface area (Å²) in [6.07, 6.45) is 4.34. The Bertz CT molecular complexity index is 795. The molecule has 1 N–H and O–H groups in total. The molecule has 2 atom stereocenters. The van der Waals surface area contributed by atoms with Crippen molar-refractivity contribution >= 4 is 16.9 Å².